The van der Waals surface area contributed by atoms with E-state index in [4.69, 9.17) is 18.0 Å². The lowest BCUT2D eigenvalue weighted by Crippen LogP contribution is -2.01. The van der Waals surface area contributed by atoms with Crippen molar-refractivity contribution in [3.8, 4) is 17.1 Å². The van der Waals surface area contributed by atoms with Crippen molar-refractivity contribution in [1.29, 1.82) is 0 Å². The Morgan fingerprint density at radius 1 is 1.12 bits per heavy atom. The summed E-state index contributed by atoms with van der Waals surface area (Å²) in [5.74, 6) is 0.516. The zero-order valence-corrected chi connectivity index (χ0v) is 13.8. The molecule has 0 amide bonds. The van der Waals surface area contributed by atoms with E-state index in [-0.39, 0.29) is 5.82 Å². The van der Waals surface area contributed by atoms with Crippen LogP contribution in [0.2, 0.25) is 0 Å². The molecule has 0 aliphatic carbocycles. The number of anilines is 1. The number of nitrogens with zero attached hydrogens (tertiary/aromatic N) is 4. The third-order valence-corrected chi connectivity index (χ3v) is 4.85. The summed E-state index contributed by atoms with van der Waals surface area (Å²) in [6.07, 6.45) is 3.35. The van der Waals surface area contributed by atoms with E-state index in [1.165, 1.54) is 23.5 Å². The minimum Gasteiger partial charge on any atom is -0.382 e. The van der Waals surface area contributed by atoms with Gasteiger partial charge in [-0.15, -0.1) is 0 Å². The van der Waals surface area contributed by atoms with Crippen LogP contribution in [0.3, 0.4) is 0 Å². The molecule has 0 saturated heterocycles. The molecule has 0 atom stereocenters. The summed E-state index contributed by atoms with van der Waals surface area (Å²) >= 11 is 6.77. The smallest absolute Gasteiger partial charge is 0.168 e. The van der Waals surface area contributed by atoms with Gasteiger partial charge in [0.2, 0.25) is 0 Å². The normalized spacial score (nSPS) is 11.0. The highest BCUT2D eigenvalue weighted by molar-refractivity contribution is 7.73. The first-order valence-corrected chi connectivity index (χ1v) is 8.21. The van der Waals surface area contributed by atoms with Crippen LogP contribution in [0.4, 0.5) is 10.2 Å². The molecule has 0 saturated carbocycles. The number of thiazole rings is 1. The first-order valence-electron chi connectivity index (χ1n) is 6.99. The highest BCUT2D eigenvalue weighted by Gasteiger charge is 2.15. The van der Waals surface area contributed by atoms with Crippen molar-refractivity contribution in [2.45, 2.75) is 0 Å². The molecule has 4 rings (SSSR count). The van der Waals surface area contributed by atoms with Crippen LogP contribution in [0.1, 0.15) is 0 Å². The van der Waals surface area contributed by atoms with E-state index < -0.39 is 0 Å². The molecular weight excluding hydrogens is 345 g/mol. The standard InChI is InChI=1S/C16H10FN5S2/c17-10-3-5-11(6-4-10)22-15-12(24-16(22)23)13(18)20-14(21-15)9-2-1-7-19-8-9/h1-8H,(H2,18,20,21). The van der Waals surface area contributed by atoms with Gasteiger partial charge in [0.15, 0.2) is 15.4 Å². The Bertz CT molecular complexity index is 1090. The van der Waals surface area contributed by atoms with Gasteiger partial charge in [0.25, 0.3) is 0 Å². The first-order chi connectivity index (χ1) is 11.6. The van der Waals surface area contributed by atoms with Gasteiger partial charge in [-0.2, -0.15) is 0 Å². The Hall–Kier alpha value is -2.71. The molecule has 0 aliphatic rings. The van der Waals surface area contributed by atoms with Crippen LogP contribution < -0.4 is 5.73 Å². The Labute approximate surface area is 145 Å². The van der Waals surface area contributed by atoms with Crippen molar-refractivity contribution in [1.82, 2.24) is 19.5 Å². The zero-order valence-electron chi connectivity index (χ0n) is 12.2. The monoisotopic (exact) mass is 355 g/mol. The van der Waals surface area contributed by atoms with Crippen molar-refractivity contribution in [3.63, 3.8) is 0 Å². The van der Waals surface area contributed by atoms with Gasteiger partial charge in [-0.1, -0.05) is 11.3 Å². The molecule has 0 bridgehead atoms. The van der Waals surface area contributed by atoms with Gasteiger partial charge in [-0.3, -0.25) is 9.55 Å². The number of nitrogens with two attached hydrogens (primary N) is 1. The van der Waals surface area contributed by atoms with Crippen LogP contribution in [-0.2, 0) is 0 Å². The summed E-state index contributed by atoms with van der Waals surface area (Å²) < 4.78 is 16.3. The van der Waals surface area contributed by atoms with Gasteiger partial charge in [0, 0.05) is 23.6 Å². The van der Waals surface area contributed by atoms with Crippen molar-refractivity contribution >= 4 is 39.7 Å². The number of hydrogen-bond acceptors (Lipinski definition) is 6. The topological polar surface area (TPSA) is 69.6 Å². The van der Waals surface area contributed by atoms with Crippen molar-refractivity contribution in [2.24, 2.45) is 0 Å². The van der Waals surface area contributed by atoms with E-state index in [2.05, 4.69) is 15.0 Å². The van der Waals surface area contributed by atoms with E-state index in [1.54, 1.807) is 35.2 Å². The number of pyridine rings is 1. The summed E-state index contributed by atoms with van der Waals surface area (Å²) in [6.45, 7) is 0. The van der Waals surface area contributed by atoms with E-state index in [9.17, 15) is 4.39 Å². The second kappa shape index (κ2) is 5.73. The molecule has 8 heteroatoms. The van der Waals surface area contributed by atoms with Gasteiger partial charge in [0.05, 0.1) is 0 Å². The minimum absolute atomic E-state index is 0.310. The number of benzene rings is 1. The minimum atomic E-state index is -0.310. The van der Waals surface area contributed by atoms with E-state index in [0.29, 0.717) is 25.9 Å². The number of aromatic nitrogens is 4. The molecule has 118 valence electrons. The van der Waals surface area contributed by atoms with Crippen molar-refractivity contribution in [3.05, 3.63) is 58.6 Å². The fourth-order valence-electron chi connectivity index (χ4n) is 2.37. The fourth-order valence-corrected chi connectivity index (χ4v) is 3.64. The zero-order chi connectivity index (χ0) is 16.7. The number of nitrogen functional groups attached to an aromatic ring is 1. The molecular formula is C16H10FN5S2. The number of fused-ring (bicyclic) bond motifs is 1. The van der Waals surface area contributed by atoms with Crippen molar-refractivity contribution in [2.75, 3.05) is 5.73 Å². The van der Waals surface area contributed by atoms with Crippen LogP contribution in [0.25, 0.3) is 27.4 Å². The van der Waals surface area contributed by atoms with E-state index >= 15 is 0 Å². The SMILES string of the molecule is Nc1nc(-c2cccnc2)nc2c1sc(=S)n2-c1ccc(F)cc1. The predicted molar refractivity (Wildman–Crippen MR) is 95.2 cm³/mol. The molecule has 0 unspecified atom stereocenters. The van der Waals surface area contributed by atoms with Gasteiger partial charge in [-0.05, 0) is 48.6 Å². The molecule has 0 radical (unpaired) electrons. The van der Waals surface area contributed by atoms with E-state index in [0.717, 1.165) is 11.3 Å². The molecule has 3 aromatic heterocycles. The molecule has 1 aromatic carbocycles. The number of hydrogen-bond donors (Lipinski definition) is 1. The van der Waals surface area contributed by atoms with Crippen LogP contribution in [-0.4, -0.2) is 19.5 Å². The number of rotatable bonds is 2. The highest BCUT2D eigenvalue weighted by Crippen LogP contribution is 2.30. The lowest BCUT2D eigenvalue weighted by atomic mass is 10.2. The molecule has 5 nitrogen and oxygen atoms in total. The maximum absolute atomic E-state index is 13.2. The van der Waals surface area contributed by atoms with Gasteiger partial charge >= 0.3 is 0 Å². The third kappa shape index (κ3) is 2.45. The average Bonchev–Trinajstić information content (AvgIpc) is 2.93. The van der Waals surface area contributed by atoms with Crippen LogP contribution in [0.5, 0.6) is 0 Å². The van der Waals surface area contributed by atoms with Crippen LogP contribution >= 0.6 is 23.6 Å². The maximum Gasteiger partial charge on any atom is 0.168 e. The van der Waals surface area contributed by atoms with Gasteiger partial charge < -0.3 is 5.73 Å². The Kier molecular flexibility index (Phi) is 3.55. The largest absolute Gasteiger partial charge is 0.382 e. The fraction of sp³-hybridized carbons (Fsp3) is 0. The lowest BCUT2D eigenvalue weighted by Gasteiger charge is -2.06. The van der Waals surface area contributed by atoms with Crippen LogP contribution in [0, 0.1) is 9.77 Å². The first kappa shape index (κ1) is 14.9. The molecule has 0 spiro atoms. The van der Waals surface area contributed by atoms with Crippen LogP contribution in [0.15, 0.2) is 48.8 Å². The molecule has 24 heavy (non-hydrogen) atoms. The lowest BCUT2D eigenvalue weighted by molar-refractivity contribution is 0.627. The second-order valence-corrected chi connectivity index (χ2v) is 6.65. The van der Waals surface area contributed by atoms with Crippen molar-refractivity contribution < 1.29 is 4.39 Å². The molecule has 0 aliphatic heterocycles. The number of halogens is 1. The summed E-state index contributed by atoms with van der Waals surface area (Å²) in [5.41, 5.74) is 8.18. The summed E-state index contributed by atoms with van der Waals surface area (Å²) in [5, 5.41) is 0. The summed E-state index contributed by atoms with van der Waals surface area (Å²) in [7, 11) is 0. The van der Waals surface area contributed by atoms with E-state index in [1.807, 2.05) is 6.07 Å². The Balaban J connectivity index is 2.01. The Morgan fingerprint density at radius 2 is 1.92 bits per heavy atom. The second-order valence-electron chi connectivity index (χ2n) is 5.01. The molecule has 3 heterocycles. The molecule has 2 N–H and O–H groups in total. The van der Waals surface area contributed by atoms with Gasteiger partial charge in [-0.25, -0.2) is 14.4 Å². The average molecular weight is 355 g/mol. The third-order valence-electron chi connectivity index (χ3n) is 3.46. The molecule has 0 fully saturated rings. The highest BCUT2D eigenvalue weighted by atomic mass is 32.1. The predicted octanol–water partition coefficient (Wildman–Crippen LogP) is 3.99. The maximum atomic E-state index is 13.2. The summed E-state index contributed by atoms with van der Waals surface area (Å²) in [6, 6.07) is 9.73. The quantitative estimate of drug-likeness (QED) is 0.551. The molecule has 4 aromatic rings. The Morgan fingerprint density at radius 3 is 2.62 bits per heavy atom. The van der Waals surface area contributed by atoms with Gasteiger partial charge in [0.1, 0.15) is 16.3 Å². The summed E-state index contributed by atoms with van der Waals surface area (Å²) in [4.78, 5) is 13.0.